The van der Waals surface area contributed by atoms with Crippen LogP contribution >= 0.6 is 7.82 Å². The summed E-state index contributed by atoms with van der Waals surface area (Å²) in [5, 5.41) is 13.7. The first kappa shape index (κ1) is 45.5. The average molecular weight is 683 g/mol. The third-order valence-corrected chi connectivity index (χ3v) is 8.80. The van der Waals surface area contributed by atoms with Crippen LogP contribution in [0.1, 0.15) is 136 Å². The van der Waals surface area contributed by atoms with Gasteiger partial charge in [-0.15, -0.1) is 0 Å². The number of phosphoric ester groups is 1. The van der Waals surface area contributed by atoms with E-state index in [1.165, 1.54) is 32.1 Å². The van der Waals surface area contributed by atoms with Crippen LogP contribution in [0.3, 0.4) is 0 Å². The summed E-state index contributed by atoms with van der Waals surface area (Å²) in [4.78, 5) is 25.1. The Labute approximate surface area is 289 Å². The first-order chi connectivity index (χ1) is 22.5. The van der Waals surface area contributed by atoms with E-state index in [2.05, 4.69) is 67.8 Å². The van der Waals surface area contributed by atoms with Gasteiger partial charge in [0.15, 0.2) is 0 Å². The van der Waals surface area contributed by atoms with Crippen molar-refractivity contribution in [3.63, 3.8) is 0 Å². The highest BCUT2D eigenvalue weighted by Gasteiger charge is 2.24. The van der Waals surface area contributed by atoms with E-state index in [0.717, 1.165) is 77.0 Å². The van der Waals surface area contributed by atoms with E-state index in [0.29, 0.717) is 23.9 Å². The van der Waals surface area contributed by atoms with Crippen LogP contribution in [0, 0.1) is 0 Å². The molecular weight excluding hydrogens is 611 g/mol. The van der Waals surface area contributed by atoms with Gasteiger partial charge in [0.2, 0.25) is 5.91 Å². The molecule has 0 rings (SSSR count). The molecule has 0 aromatic rings. The number of nitrogens with zero attached hydrogens (tertiary/aromatic N) is 1. The van der Waals surface area contributed by atoms with Gasteiger partial charge in [-0.25, -0.2) is 0 Å². The van der Waals surface area contributed by atoms with Gasteiger partial charge < -0.3 is 28.8 Å². The molecule has 0 saturated heterocycles. The van der Waals surface area contributed by atoms with Crippen LogP contribution in [0.2, 0.25) is 0 Å². The van der Waals surface area contributed by atoms with Crippen LogP contribution in [-0.2, 0) is 18.4 Å². The molecule has 0 aliphatic heterocycles. The van der Waals surface area contributed by atoms with Crippen molar-refractivity contribution in [2.75, 3.05) is 40.9 Å². The van der Waals surface area contributed by atoms with E-state index in [1.807, 2.05) is 21.1 Å². The Morgan fingerprint density at radius 1 is 0.766 bits per heavy atom. The monoisotopic (exact) mass is 683 g/mol. The van der Waals surface area contributed by atoms with E-state index in [4.69, 9.17) is 9.05 Å². The lowest BCUT2D eigenvalue weighted by atomic mass is 10.0. The molecule has 0 radical (unpaired) electrons. The first-order valence-corrected chi connectivity index (χ1v) is 19.9. The van der Waals surface area contributed by atoms with Crippen molar-refractivity contribution in [2.24, 2.45) is 0 Å². The first-order valence-electron chi connectivity index (χ1n) is 18.5. The smallest absolute Gasteiger partial charge is 0.268 e. The van der Waals surface area contributed by atoms with Gasteiger partial charge in [0.05, 0.1) is 39.9 Å². The molecule has 0 fully saturated rings. The zero-order valence-corrected chi connectivity index (χ0v) is 31.6. The number of unbranched alkanes of at least 4 members (excludes halogenated alkanes) is 11. The molecule has 1 amide bonds. The molecule has 0 heterocycles. The molecule has 2 N–H and O–H groups in total. The topological polar surface area (TPSA) is 108 Å². The standard InChI is InChI=1S/C38H71N2O6P/c1-6-8-10-12-14-16-17-18-19-20-21-22-23-24-26-28-30-32-38(42)39-36(35-46-47(43,44)45-34-33-40(3,4)5)37(41)31-29-27-25-15-13-11-9-7-2/h8,10,14,16,18-19,21-22,36-37,41H,6-7,9,11-13,15,17,20,23-35H2,1-5H3,(H-,39,42,43,44)/b10-8-,16-14-,19-18-,22-21-. The van der Waals surface area contributed by atoms with Crippen LogP contribution in [0.15, 0.2) is 48.6 Å². The molecule has 8 nitrogen and oxygen atoms in total. The summed E-state index contributed by atoms with van der Waals surface area (Å²) >= 11 is 0. The predicted octanol–water partition coefficient (Wildman–Crippen LogP) is 8.72. The van der Waals surface area contributed by atoms with Crippen molar-refractivity contribution in [3.05, 3.63) is 48.6 Å². The van der Waals surface area contributed by atoms with Crippen LogP contribution in [-0.4, -0.2) is 68.5 Å². The Morgan fingerprint density at radius 3 is 1.89 bits per heavy atom. The van der Waals surface area contributed by atoms with Gasteiger partial charge in [-0.2, -0.15) is 0 Å². The van der Waals surface area contributed by atoms with E-state index >= 15 is 0 Å². The lowest BCUT2D eigenvalue weighted by Gasteiger charge is -2.30. The lowest BCUT2D eigenvalue weighted by molar-refractivity contribution is -0.870. The van der Waals surface area contributed by atoms with Gasteiger partial charge in [0.25, 0.3) is 7.82 Å². The van der Waals surface area contributed by atoms with E-state index in [-0.39, 0.29) is 19.1 Å². The van der Waals surface area contributed by atoms with Crippen molar-refractivity contribution in [3.8, 4) is 0 Å². The van der Waals surface area contributed by atoms with E-state index in [9.17, 15) is 19.4 Å². The largest absolute Gasteiger partial charge is 0.756 e. The summed E-state index contributed by atoms with van der Waals surface area (Å²) in [5.41, 5.74) is 0. The van der Waals surface area contributed by atoms with Gasteiger partial charge in [-0.05, 0) is 51.4 Å². The van der Waals surface area contributed by atoms with E-state index in [1.54, 1.807) is 0 Å². The van der Waals surface area contributed by atoms with Crippen LogP contribution in [0.5, 0.6) is 0 Å². The van der Waals surface area contributed by atoms with Gasteiger partial charge >= 0.3 is 0 Å². The number of hydrogen-bond acceptors (Lipinski definition) is 6. The molecule has 0 aromatic carbocycles. The molecular formula is C38H71N2O6P. The minimum atomic E-state index is -4.56. The third-order valence-electron chi connectivity index (χ3n) is 7.83. The molecule has 3 unspecified atom stereocenters. The molecule has 0 bridgehead atoms. The number of quaternary nitrogens is 1. The number of aliphatic hydroxyl groups excluding tert-OH is 1. The Bertz CT molecular complexity index is 912. The molecule has 0 aromatic heterocycles. The van der Waals surface area contributed by atoms with Gasteiger partial charge in [0.1, 0.15) is 13.2 Å². The second-order valence-electron chi connectivity index (χ2n) is 13.5. The molecule has 0 saturated carbocycles. The molecule has 274 valence electrons. The second-order valence-corrected chi connectivity index (χ2v) is 15.0. The molecule has 0 spiro atoms. The van der Waals surface area contributed by atoms with Crippen molar-refractivity contribution in [2.45, 2.75) is 148 Å². The quantitative estimate of drug-likeness (QED) is 0.0318. The number of hydrogen-bond donors (Lipinski definition) is 2. The Hall–Kier alpha value is -1.54. The average Bonchev–Trinajstić information content (AvgIpc) is 3.01. The summed E-state index contributed by atoms with van der Waals surface area (Å²) < 4.78 is 23.1. The number of carbonyl (C=O) groups excluding carboxylic acids is 1. The molecule has 3 atom stereocenters. The maximum Gasteiger partial charge on any atom is 0.268 e. The number of aliphatic hydroxyl groups is 1. The minimum Gasteiger partial charge on any atom is -0.756 e. The summed E-state index contributed by atoms with van der Waals surface area (Å²) in [6.45, 7) is 4.51. The number of nitrogens with one attached hydrogen (secondary N) is 1. The fourth-order valence-corrected chi connectivity index (χ4v) is 5.57. The zero-order chi connectivity index (χ0) is 35.1. The summed E-state index contributed by atoms with van der Waals surface area (Å²) in [5.74, 6) is -0.195. The highest BCUT2D eigenvalue weighted by atomic mass is 31.2. The van der Waals surface area contributed by atoms with E-state index < -0.39 is 20.0 Å². The Kier molecular flexibility index (Phi) is 29.5. The van der Waals surface area contributed by atoms with Crippen molar-refractivity contribution < 1.29 is 32.9 Å². The van der Waals surface area contributed by atoms with Gasteiger partial charge in [-0.1, -0.05) is 127 Å². The maximum absolute atomic E-state index is 12.7. The molecule has 47 heavy (non-hydrogen) atoms. The molecule has 9 heteroatoms. The number of amides is 1. The van der Waals surface area contributed by atoms with Crippen LogP contribution in [0.25, 0.3) is 0 Å². The normalized spacial score (nSPS) is 15.3. The Morgan fingerprint density at radius 2 is 1.30 bits per heavy atom. The fraction of sp³-hybridized carbons (Fsp3) is 0.763. The SMILES string of the molecule is CC/C=C\C/C=C\C/C=C\C/C=C\CCCCCCC(=O)NC(COP(=O)([O-])OCC[N+](C)(C)C)C(O)CCCCCCCCCC. The van der Waals surface area contributed by atoms with Gasteiger partial charge in [0, 0.05) is 6.42 Å². The molecule has 0 aliphatic carbocycles. The zero-order valence-electron chi connectivity index (χ0n) is 30.7. The van der Waals surface area contributed by atoms with Crippen molar-refractivity contribution in [1.29, 1.82) is 0 Å². The number of rotatable bonds is 32. The van der Waals surface area contributed by atoms with Gasteiger partial charge in [-0.3, -0.25) is 9.36 Å². The van der Waals surface area contributed by atoms with Crippen molar-refractivity contribution >= 4 is 13.7 Å². The number of phosphoric acid groups is 1. The number of allylic oxidation sites excluding steroid dienone is 8. The highest BCUT2D eigenvalue weighted by Crippen LogP contribution is 2.38. The predicted molar refractivity (Wildman–Crippen MR) is 196 cm³/mol. The van der Waals surface area contributed by atoms with Crippen LogP contribution < -0.4 is 10.2 Å². The van der Waals surface area contributed by atoms with Crippen LogP contribution in [0.4, 0.5) is 0 Å². The minimum absolute atomic E-state index is 0.00436. The third kappa shape index (κ3) is 32.8. The lowest BCUT2D eigenvalue weighted by Crippen LogP contribution is -2.46. The van der Waals surface area contributed by atoms with Crippen molar-refractivity contribution in [1.82, 2.24) is 5.32 Å². The highest BCUT2D eigenvalue weighted by molar-refractivity contribution is 7.45. The number of likely N-dealkylation sites (N-methyl/N-ethyl adjacent to an activating group) is 1. The summed E-state index contributed by atoms with van der Waals surface area (Å²) in [6, 6.07) is -0.811. The summed E-state index contributed by atoms with van der Waals surface area (Å²) in [7, 11) is 1.27. The fourth-order valence-electron chi connectivity index (χ4n) is 4.85. The maximum atomic E-state index is 12.7. The number of carbonyl (C=O) groups is 1. The molecule has 0 aliphatic rings. The summed E-state index contributed by atoms with van der Waals surface area (Å²) in [6.07, 6.45) is 35.5. The Balaban J connectivity index is 4.47. The second kappa shape index (κ2) is 30.5.